The Balaban J connectivity index is 3.52. The molecule has 0 unspecified atom stereocenters. The Morgan fingerprint density at radius 2 is 1.75 bits per heavy atom. The van der Waals surface area contributed by atoms with E-state index in [4.69, 9.17) is 14.8 Å². The molecule has 0 heterocycles. The second kappa shape index (κ2) is 6.61. The van der Waals surface area contributed by atoms with E-state index < -0.39 is 7.60 Å². The van der Waals surface area contributed by atoms with Gasteiger partial charge in [0.2, 0.25) is 0 Å². The fourth-order valence-electron chi connectivity index (χ4n) is 0.884. The van der Waals surface area contributed by atoms with Crippen LogP contribution in [0.5, 0.6) is 0 Å². The lowest BCUT2D eigenvalue weighted by atomic mass is 10.2. The molecule has 0 aromatic carbocycles. The van der Waals surface area contributed by atoms with Crippen molar-refractivity contribution < 1.29 is 13.6 Å². The van der Waals surface area contributed by atoms with Crippen LogP contribution in [0.4, 0.5) is 0 Å². The molecule has 0 saturated heterocycles. The first-order chi connectivity index (χ1) is 5.68. The average Bonchev–Trinajstić information content (AvgIpc) is 2.12. The molecule has 0 aliphatic rings. The Morgan fingerprint density at radius 1 is 1.17 bits per heavy atom. The van der Waals surface area contributed by atoms with Gasteiger partial charge < -0.3 is 14.8 Å². The lowest BCUT2D eigenvalue weighted by Crippen LogP contribution is -2.00. The van der Waals surface area contributed by atoms with Crippen molar-refractivity contribution in [2.45, 2.75) is 19.3 Å². The molecule has 0 amide bonds. The Bertz CT molecular complexity index is 144. The zero-order chi connectivity index (χ0) is 9.45. The van der Waals surface area contributed by atoms with Crippen molar-refractivity contribution in [3.8, 4) is 0 Å². The molecule has 12 heavy (non-hydrogen) atoms. The molecule has 0 fully saturated rings. The van der Waals surface area contributed by atoms with Gasteiger partial charge in [-0.25, -0.2) is 0 Å². The normalized spacial score (nSPS) is 11.9. The fraction of sp³-hybridized carbons (Fsp3) is 1.00. The molecule has 0 spiro atoms. The zero-order valence-corrected chi connectivity index (χ0v) is 8.68. The molecule has 5 heteroatoms. The third-order valence-corrected chi connectivity index (χ3v) is 3.67. The SMILES string of the molecule is COP(=O)(CCCCCN)OC. The van der Waals surface area contributed by atoms with Gasteiger partial charge in [0.25, 0.3) is 0 Å². The molecule has 0 atom stereocenters. The van der Waals surface area contributed by atoms with Gasteiger partial charge in [0, 0.05) is 14.2 Å². The van der Waals surface area contributed by atoms with Crippen molar-refractivity contribution >= 4 is 7.60 Å². The maximum atomic E-state index is 11.4. The van der Waals surface area contributed by atoms with E-state index in [-0.39, 0.29) is 0 Å². The van der Waals surface area contributed by atoms with E-state index in [0.717, 1.165) is 19.3 Å². The van der Waals surface area contributed by atoms with Gasteiger partial charge in [0.05, 0.1) is 6.16 Å². The number of hydrogen-bond acceptors (Lipinski definition) is 4. The number of rotatable bonds is 7. The topological polar surface area (TPSA) is 61.5 Å². The summed E-state index contributed by atoms with van der Waals surface area (Å²) < 4.78 is 21.0. The summed E-state index contributed by atoms with van der Waals surface area (Å²) in [6.07, 6.45) is 3.27. The first-order valence-corrected chi connectivity index (χ1v) is 5.82. The van der Waals surface area contributed by atoms with Crippen LogP contribution >= 0.6 is 7.60 Å². The van der Waals surface area contributed by atoms with Gasteiger partial charge in [-0.15, -0.1) is 0 Å². The van der Waals surface area contributed by atoms with Gasteiger partial charge >= 0.3 is 7.60 Å². The van der Waals surface area contributed by atoms with Gasteiger partial charge in [-0.05, 0) is 19.4 Å². The minimum absolute atomic E-state index is 0.486. The highest BCUT2D eigenvalue weighted by atomic mass is 31.2. The maximum absolute atomic E-state index is 11.4. The first-order valence-electron chi connectivity index (χ1n) is 4.09. The standard InChI is InChI=1S/C7H18NO3P/c1-10-12(9,11-2)7-5-3-4-6-8/h3-8H2,1-2H3. The highest BCUT2D eigenvalue weighted by Gasteiger charge is 2.19. The molecule has 0 aliphatic heterocycles. The Morgan fingerprint density at radius 3 is 2.17 bits per heavy atom. The van der Waals surface area contributed by atoms with Crippen LogP contribution in [0.25, 0.3) is 0 Å². The molecule has 0 rings (SSSR count). The summed E-state index contributed by atoms with van der Waals surface area (Å²) >= 11 is 0. The maximum Gasteiger partial charge on any atom is 0.330 e. The van der Waals surface area contributed by atoms with E-state index in [1.807, 2.05) is 0 Å². The van der Waals surface area contributed by atoms with E-state index >= 15 is 0 Å². The predicted octanol–water partition coefficient (Wildman–Crippen LogP) is 1.60. The third kappa shape index (κ3) is 4.88. The van der Waals surface area contributed by atoms with E-state index in [1.54, 1.807) is 0 Å². The van der Waals surface area contributed by atoms with Gasteiger partial charge in [0.15, 0.2) is 0 Å². The van der Waals surface area contributed by atoms with Crippen LogP contribution in [-0.2, 0) is 13.6 Å². The highest BCUT2D eigenvalue weighted by molar-refractivity contribution is 7.53. The van der Waals surface area contributed by atoms with Gasteiger partial charge in [-0.1, -0.05) is 6.42 Å². The summed E-state index contributed by atoms with van der Waals surface area (Å²) in [4.78, 5) is 0. The molecule has 0 radical (unpaired) electrons. The number of hydrogen-bond donors (Lipinski definition) is 1. The highest BCUT2D eigenvalue weighted by Crippen LogP contribution is 2.46. The molecule has 74 valence electrons. The van der Waals surface area contributed by atoms with Crippen molar-refractivity contribution in [2.24, 2.45) is 5.73 Å². The Labute approximate surface area is 74.0 Å². The molecule has 0 saturated carbocycles. The molecule has 4 nitrogen and oxygen atoms in total. The second-order valence-corrected chi connectivity index (χ2v) is 4.95. The van der Waals surface area contributed by atoms with E-state index in [1.165, 1.54) is 14.2 Å². The second-order valence-electron chi connectivity index (χ2n) is 2.55. The molecular weight excluding hydrogens is 177 g/mol. The largest absolute Gasteiger partial charge is 0.330 e. The van der Waals surface area contributed by atoms with Crippen molar-refractivity contribution in [1.29, 1.82) is 0 Å². The monoisotopic (exact) mass is 195 g/mol. The van der Waals surface area contributed by atoms with Crippen LogP contribution < -0.4 is 5.73 Å². The molecule has 0 aromatic rings. The fourth-order valence-corrected chi connectivity index (χ4v) is 2.01. The Kier molecular flexibility index (Phi) is 6.67. The molecule has 0 aliphatic carbocycles. The molecule has 0 aromatic heterocycles. The minimum Gasteiger partial charge on any atom is -0.330 e. The lowest BCUT2D eigenvalue weighted by molar-refractivity contribution is 0.275. The quantitative estimate of drug-likeness (QED) is 0.495. The number of nitrogens with two attached hydrogens (primary N) is 1. The molecule has 2 N–H and O–H groups in total. The lowest BCUT2D eigenvalue weighted by Gasteiger charge is -2.12. The molecule has 0 bridgehead atoms. The molecular formula is C7H18NO3P. The third-order valence-electron chi connectivity index (χ3n) is 1.69. The van der Waals surface area contributed by atoms with Crippen molar-refractivity contribution in [1.82, 2.24) is 0 Å². The van der Waals surface area contributed by atoms with Crippen LogP contribution in [0.1, 0.15) is 19.3 Å². The van der Waals surface area contributed by atoms with Crippen molar-refractivity contribution in [3.05, 3.63) is 0 Å². The minimum atomic E-state index is -2.76. The first kappa shape index (κ1) is 12.1. The van der Waals surface area contributed by atoms with Crippen molar-refractivity contribution in [3.63, 3.8) is 0 Å². The van der Waals surface area contributed by atoms with Crippen LogP contribution in [0, 0.1) is 0 Å². The predicted molar refractivity (Wildman–Crippen MR) is 49.4 cm³/mol. The summed E-state index contributed by atoms with van der Waals surface area (Å²) in [5.74, 6) is 0. The number of unbranched alkanes of at least 4 members (excludes halogenated alkanes) is 2. The van der Waals surface area contributed by atoms with Crippen LogP contribution in [0.15, 0.2) is 0 Å². The van der Waals surface area contributed by atoms with Crippen molar-refractivity contribution in [2.75, 3.05) is 26.9 Å². The summed E-state index contributed by atoms with van der Waals surface area (Å²) in [6.45, 7) is 0.685. The zero-order valence-electron chi connectivity index (χ0n) is 7.78. The van der Waals surface area contributed by atoms with Gasteiger partial charge in [0.1, 0.15) is 0 Å². The van der Waals surface area contributed by atoms with Crippen LogP contribution in [0.2, 0.25) is 0 Å². The summed E-state index contributed by atoms with van der Waals surface area (Å²) in [6, 6.07) is 0. The van der Waals surface area contributed by atoms with E-state index in [2.05, 4.69) is 0 Å². The van der Waals surface area contributed by atoms with Crippen LogP contribution in [-0.4, -0.2) is 26.9 Å². The summed E-state index contributed by atoms with van der Waals surface area (Å²) in [5, 5.41) is 0. The van der Waals surface area contributed by atoms with E-state index in [0.29, 0.717) is 12.7 Å². The van der Waals surface area contributed by atoms with Crippen LogP contribution in [0.3, 0.4) is 0 Å². The summed E-state index contributed by atoms with van der Waals surface area (Å²) in [7, 11) is 0.0577. The van der Waals surface area contributed by atoms with Gasteiger partial charge in [-0.3, -0.25) is 4.57 Å². The van der Waals surface area contributed by atoms with E-state index in [9.17, 15) is 4.57 Å². The smallest absolute Gasteiger partial charge is 0.330 e. The Hall–Kier alpha value is 0.110. The average molecular weight is 195 g/mol. The van der Waals surface area contributed by atoms with Gasteiger partial charge in [-0.2, -0.15) is 0 Å². The summed E-state index contributed by atoms with van der Waals surface area (Å²) in [5.41, 5.74) is 5.31.